The zero-order valence-electron chi connectivity index (χ0n) is 17.2. The number of carbonyl (C=O) groups excluding carboxylic acids is 2. The minimum Gasteiger partial charge on any atom is -0.378 e. The Bertz CT molecular complexity index is 882. The van der Waals surface area contributed by atoms with Crippen molar-refractivity contribution in [3.63, 3.8) is 0 Å². The molecule has 1 aromatic heterocycles. The lowest BCUT2D eigenvalue weighted by Crippen LogP contribution is -2.61. The second-order valence-corrected chi connectivity index (χ2v) is 8.18. The highest BCUT2D eigenvalue weighted by Gasteiger charge is 2.52. The summed E-state index contributed by atoms with van der Waals surface area (Å²) >= 11 is 0. The van der Waals surface area contributed by atoms with Crippen LogP contribution in [0.5, 0.6) is 0 Å². The van der Waals surface area contributed by atoms with Gasteiger partial charge in [0.2, 0.25) is 5.91 Å². The second-order valence-electron chi connectivity index (χ2n) is 8.18. The molecule has 0 radical (unpaired) electrons. The number of hydrogen-bond donors (Lipinski definition) is 0. The number of carbonyl (C=O) groups is 2. The van der Waals surface area contributed by atoms with Gasteiger partial charge in [0.05, 0.1) is 12.2 Å². The van der Waals surface area contributed by atoms with Gasteiger partial charge in [-0.3, -0.25) is 14.6 Å². The van der Waals surface area contributed by atoms with Crippen LogP contribution in [0.25, 0.3) is 0 Å². The van der Waals surface area contributed by atoms with Crippen molar-refractivity contribution in [2.75, 3.05) is 32.1 Å². The Morgan fingerprint density at radius 3 is 2.45 bits per heavy atom. The molecule has 4 rings (SSSR count). The van der Waals surface area contributed by atoms with Gasteiger partial charge in [-0.05, 0) is 62.1 Å². The summed E-state index contributed by atoms with van der Waals surface area (Å²) in [7, 11) is 3.95. The van der Waals surface area contributed by atoms with Crippen LogP contribution < -0.4 is 4.90 Å². The Morgan fingerprint density at radius 2 is 1.79 bits per heavy atom. The van der Waals surface area contributed by atoms with E-state index in [1.807, 2.05) is 71.3 Å². The highest BCUT2D eigenvalue weighted by molar-refractivity contribution is 6.00. The van der Waals surface area contributed by atoms with Crippen LogP contribution in [0.3, 0.4) is 0 Å². The fourth-order valence-electron chi connectivity index (χ4n) is 4.62. The lowest BCUT2D eigenvalue weighted by atomic mass is 9.85. The lowest BCUT2D eigenvalue weighted by molar-refractivity contribution is -0.146. The number of amides is 2. The van der Waals surface area contributed by atoms with Gasteiger partial charge in [-0.2, -0.15) is 0 Å². The van der Waals surface area contributed by atoms with E-state index in [1.54, 1.807) is 6.20 Å². The Balaban J connectivity index is 1.56. The summed E-state index contributed by atoms with van der Waals surface area (Å²) in [6.07, 6.45) is 5.01. The number of pyridine rings is 1. The third kappa shape index (κ3) is 3.59. The van der Waals surface area contributed by atoms with Gasteiger partial charge in [0, 0.05) is 44.6 Å². The standard InChI is InChI=1S/C23H28N4O2/c1-25(2)20-10-8-18(9-11-20)21(28)27-16-6-13-23(27)12-5-15-26(22(23)29)17-19-7-3-4-14-24-19/h3-4,7-11,14H,5-6,12-13,15-17H2,1-2H3. The van der Waals surface area contributed by atoms with E-state index in [-0.39, 0.29) is 11.8 Å². The number of hydrogen-bond acceptors (Lipinski definition) is 4. The number of anilines is 1. The number of likely N-dealkylation sites (tertiary alicyclic amines) is 2. The highest BCUT2D eigenvalue weighted by Crippen LogP contribution is 2.39. The largest absolute Gasteiger partial charge is 0.378 e. The van der Waals surface area contributed by atoms with Gasteiger partial charge in [0.25, 0.3) is 5.91 Å². The Morgan fingerprint density at radius 1 is 1.07 bits per heavy atom. The summed E-state index contributed by atoms with van der Waals surface area (Å²) in [6, 6.07) is 13.4. The van der Waals surface area contributed by atoms with E-state index in [4.69, 9.17) is 0 Å². The Kier molecular flexibility index (Phi) is 5.26. The molecule has 3 heterocycles. The van der Waals surface area contributed by atoms with Gasteiger partial charge in [-0.15, -0.1) is 0 Å². The molecule has 29 heavy (non-hydrogen) atoms. The van der Waals surface area contributed by atoms with Gasteiger partial charge in [-0.25, -0.2) is 0 Å². The summed E-state index contributed by atoms with van der Waals surface area (Å²) < 4.78 is 0. The molecule has 2 aliphatic heterocycles. The van der Waals surface area contributed by atoms with E-state index in [0.717, 1.165) is 43.6 Å². The molecule has 2 aliphatic rings. The van der Waals surface area contributed by atoms with Crippen molar-refractivity contribution in [3.05, 3.63) is 59.9 Å². The van der Waals surface area contributed by atoms with Crippen LogP contribution in [-0.4, -0.2) is 59.3 Å². The fourth-order valence-corrected chi connectivity index (χ4v) is 4.62. The second kappa shape index (κ2) is 7.85. The molecule has 1 atom stereocenters. The van der Waals surface area contributed by atoms with Crippen LogP contribution in [0.4, 0.5) is 5.69 Å². The Hall–Kier alpha value is -2.89. The molecule has 2 fully saturated rings. The first-order chi connectivity index (χ1) is 14.0. The topological polar surface area (TPSA) is 56.8 Å². The molecule has 6 heteroatoms. The van der Waals surface area contributed by atoms with Gasteiger partial charge in [-0.1, -0.05) is 6.07 Å². The third-order valence-electron chi connectivity index (χ3n) is 6.15. The number of nitrogens with zero attached hydrogens (tertiary/aromatic N) is 4. The predicted octanol–water partition coefficient (Wildman–Crippen LogP) is 2.95. The molecular formula is C23H28N4O2. The number of aromatic nitrogens is 1. The van der Waals surface area contributed by atoms with E-state index in [9.17, 15) is 9.59 Å². The number of benzene rings is 1. The first-order valence-electron chi connectivity index (χ1n) is 10.3. The molecule has 152 valence electrons. The number of rotatable bonds is 4. The van der Waals surface area contributed by atoms with Crippen LogP contribution >= 0.6 is 0 Å². The van der Waals surface area contributed by atoms with Crippen molar-refractivity contribution in [2.24, 2.45) is 0 Å². The van der Waals surface area contributed by atoms with Crippen molar-refractivity contribution in [1.29, 1.82) is 0 Å². The zero-order chi connectivity index (χ0) is 20.4. The molecule has 0 saturated carbocycles. The minimum absolute atomic E-state index is 0.0409. The smallest absolute Gasteiger partial charge is 0.254 e. The fraction of sp³-hybridized carbons (Fsp3) is 0.435. The van der Waals surface area contributed by atoms with Crippen LogP contribution in [-0.2, 0) is 11.3 Å². The van der Waals surface area contributed by atoms with Gasteiger partial charge >= 0.3 is 0 Å². The first kappa shape index (κ1) is 19.4. The quantitative estimate of drug-likeness (QED) is 0.803. The van der Waals surface area contributed by atoms with Crippen molar-refractivity contribution in [3.8, 4) is 0 Å². The van der Waals surface area contributed by atoms with Gasteiger partial charge in [0.15, 0.2) is 0 Å². The summed E-state index contributed by atoms with van der Waals surface area (Å²) in [5, 5.41) is 0. The Labute approximate surface area is 172 Å². The van der Waals surface area contributed by atoms with E-state index in [1.165, 1.54) is 0 Å². The molecule has 1 unspecified atom stereocenters. The highest BCUT2D eigenvalue weighted by atomic mass is 16.2. The van der Waals surface area contributed by atoms with Crippen molar-refractivity contribution >= 4 is 17.5 Å². The van der Waals surface area contributed by atoms with Gasteiger partial charge in [0.1, 0.15) is 5.54 Å². The van der Waals surface area contributed by atoms with Crippen LogP contribution in [0.2, 0.25) is 0 Å². The maximum Gasteiger partial charge on any atom is 0.254 e. The first-order valence-corrected chi connectivity index (χ1v) is 10.3. The zero-order valence-corrected chi connectivity index (χ0v) is 17.2. The third-order valence-corrected chi connectivity index (χ3v) is 6.15. The number of piperidine rings is 1. The van der Waals surface area contributed by atoms with E-state index < -0.39 is 5.54 Å². The molecule has 0 bridgehead atoms. The van der Waals surface area contributed by atoms with Crippen LogP contribution in [0.1, 0.15) is 41.7 Å². The van der Waals surface area contributed by atoms with E-state index in [0.29, 0.717) is 18.7 Å². The maximum atomic E-state index is 13.5. The van der Waals surface area contributed by atoms with Crippen molar-refractivity contribution in [2.45, 2.75) is 37.8 Å². The predicted molar refractivity (Wildman–Crippen MR) is 113 cm³/mol. The summed E-state index contributed by atoms with van der Waals surface area (Å²) in [4.78, 5) is 37.0. The van der Waals surface area contributed by atoms with Crippen molar-refractivity contribution in [1.82, 2.24) is 14.8 Å². The van der Waals surface area contributed by atoms with Crippen molar-refractivity contribution < 1.29 is 9.59 Å². The summed E-state index contributed by atoms with van der Waals surface area (Å²) in [6.45, 7) is 1.86. The van der Waals surface area contributed by atoms with Crippen LogP contribution in [0.15, 0.2) is 48.7 Å². The lowest BCUT2D eigenvalue weighted by Gasteiger charge is -2.44. The summed E-state index contributed by atoms with van der Waals surface area (Å²) in [5.41, 5.74) is 1.87. The molecule has 2 saturated heterocycles. The molecule has 0 N–H and O–H groups in total. The average molecular weight is 393 g/mol. The molecule has 6 nitrogen and oxygen atoms in total. The monoisotopic (exact) mass is 392 g/mol. The molecule has 0 aliphatic carbocycles. The maximum absolute atomic E-state index is 13.5. The molecule has 2 amide bonds. The minimum atomic E-state index is -0.704. The molecule has 1 spiro atoms. The van der Waals surface area contributed by atoms with Crippen LogP contribution in [0, 0.1) is 0 Å². The normalized spacial score (nSPS) is 21.7. The van der Waals surface area contributed by atoms with E-state index in [2.05, 4.69) is 4.98 Å². The molecule has 2 aromatic rings. The van der Waals surface area contributed by atoms with E-state index >= 15 is 0 Å². The summed E-state index contributed by atoms with van der Waals surface area (Å²) in [5.74, 6) is 0.0333. The van der Waals surface area contributed by atoms with Gasteiger partial charge < -0.3 is 14.7 Å². The SMILES string of the molecule is CN(C)c1ccc(C(=O)N2CCCC23CCCN(Cc2ccccn2)C3=O)cc1. The molecular weight excluding hydrogens is 364 g/mol. The molecule has 1 aromatic carbocycles. The average Bonchev–Trinajstić information content (AvgIpc) is 3.16.